The largest absolute Gasteiger partial charge is 0.343 e. The van der Waals surface area contributed by atoms with Crippen molar-refractivity contribution in [1.29, 1.82) is 0 Å². The Balaban J connectivity index is 2.04. The van der Waals surface area contributed by atoms with Crippen molar-refractivity contribution in [1.82, 2.24) is 9.97 Å². The molecule has 3 heteroatoms. The molecule has 1 atom stereocenters. The minimum atomic E-state index is -0.645. The molecule has 17 heavy (non-hydrogen) atoms. The Morgan fingerprint density at radius 2 is 2.12 bits per heavy atom. The number of H-pyrrole nitrogens is 1. The van der Waals surface area contributed by atoms with Gasteiger partial charge in [-0.15, -0.1) is 0 Å². The van der Waals surface area contributed by atoms with Crippen LogP contribution >= 0.6 is 0 Å². The molecule has 0 spiro atoms. The van der Waals surface area contributed by atoms with Crippen molar-refractivity contribution in [2.75, 3.05) is 0 Å². The van der Waals surface area contributed by atoms with Crippen LogP contribution in [0, 0.1) is 0 Å². The summed E-state index contributed by atoms with van der Waals surface area (Å²) < 4.78 is 0. The van der Waals surface area contributed by atoms with Crippen molar-refractivity contribution in [3.63, 3.8) is 0 Å². The molecule has 0 aliphatic rings. The van der Waals surface area contributed by atoms with Gasteiger partial charge in [-0.05, 0) is 29.7 Å². The first-order valence-corrected chi connectivity index (χ1v) is 8.94. The Bertz CT molecular complexity index is 463. The van der Waals surface area contributed by atoms with Crippen LogP contribution in [0.15, 0.2) is 24.4 Å². The maximum Gasteiger partial charge on any atom is 0.137 e. The van der Waals surface area contributed by atoms with E-state index < -0.39 is 8.80 Å². The number of nitrogens with zero attached hydrogens (tertiary/aromatic N) is 1. The van der Waals surface area contributed by atoms with E-state index in [1.165, 1.54) is 23.5 Å². The molecular formula is C14H22N2Si. The fourth-order valence-electron chi connectivity index (χ4n) is 1.95. The zero-order valence-corrected chi connectivity index (χ0v) is 12.4. The van der Waals surface area contributed by atoms with Crippen LogP contribution in [-0.2, 0) is 6.42 Å². The summed E-state index contributed by atoms with van der Waals surface area (Å²) in [5.41, 5.74) is 2.36. The molecule has 2 rings (SSSR count). The molecule has 0 aromatic carbocycles. The summed E-state index contributed by atoms with van der Waals surface area (Å²) >= 11 is 0. The standard InChI is InChI=1S/C14H22N2Si/c1-14(2,3)17(4)9-7-12-10-11-6-5-8-15-13(11)16-12/h5-6,8,10,17H,7,9H2,1-4H3,(H,15,16). The molecule has 0 saturated heterocycles. The summed E-state index contributed by atoms with van der Waals surface area (Å²) in [6, 6.07) is 7.71. The van der Waals surface area contributed by atoms with Crippen molar-refractivity contribution >= 4 is 19.8 Å². The quantitative estimate of drug-likeness (QED) is 0.821. The Hall–Kier alpha value is -1.09. The van der Waals surface area contributed by atoms with Gasteiger partial charge in [-0.1, -0.05) is 33.4 Å². The number of hydrogen-bond donors (Lipinski definition) is 1. The van der Waals surface area contributed by atoms with Crippen LogP contribution in [-0.4, -0.2) is 18.8 Å². The summed E-state index contributed by atoms with van der Waals surface area (Å²) in [5, 5.41) is 1.76. The summed E-state index contributed by atoms with van der Waals surface area (Å²) in [7, 11) is -0.645. The van der Waals surface area contributed by atoms with Gasteiger partial charge in [0.2, 0.25) is 0 Å². The Morgan fingerprint density at radius 1 is 1.35 bits per heavy atom. The van der Waals surface area contributed by atoms with Crippen LogP contribution in [0.2, 0.25) is 17.6 Å². The number of nitrogens with one attached hydrogen (secondary N) is 1. The van der Waals surface area contributed by atoms with E-state index >= 15 is 0 Å². The molecule has 0 aliphatic heterocycles. The van der Waals surface area contributed by atoms with Crippen LogP contribution in [0.4, 0.5) is 0 Å². The second-order valence-electron chi connectivity index (χ2n) is 6.04. The lowest BCUT2D eigenvalue weighted by Gasteiger charge is -2.25. The Kier molecular flexibility index (Phi) is 3.38. The van der Waals surface area contributed by atoms with E-state index in [2.05, 4.69) is 49.4 Å². The maximum atomic E-state index is 4.33. The summed E-state index contributed by atoms with van der Waals surface area (Å²) in [6.07, 6.45) is 3.01. The minimum absolute atomic E-state index is 0.532. The third kappa shape index (κ3) is 2.97. The van der Waals surface area contributed by atoms with E-state index in [-0.39, 0.29) is 0 Å². The molecule has 92 valence electrons. The molecule has 2 aromatic heterocycles. The highest BCUT2D eigenvalue weighted by Gasteiger charge is 2.21. The zero-order chi connectivity index (χ0) is 12.5. The number of aromatic nitrogens is 2. The van der Waals surface area contributed by atoms with E-state index in [9.17, 15) is 0 Å². The lowest BCUT2D eigenvalue weighted by Crippen LogP contribution is -2.21. The SMILES string of the molecule is C[SiH](CCc1cc2cccnc2[nH]1)C(C)(C)C. The van der Waals surface area contributed by atoms with Crippen molar-refractivity contribution in [2.45, 2.75) is 44.8 Å². The number of fused-ring (bicyclic) bond motifs is 1. The van der Waals surface area contributed by atoms with Crippen molar-refractivity contribution in [2.24, 2.45) is 0 Å². The van der Waals surface area contributed by atoms with Crippen LogP contribution in [0.3, 0.4) is 0 Å². The van der Waals surface area contributed by atoms with Gasteiger partial charge in [-0.2, -0.15) is 0 Å². The fourth-order valence-corrected chi connectivity index (χ4v) is 3.56. The van der Waals surface area contributed by atoms with Crippen LogP contribution in [0.5, 0.6) is 0 Å². The molecular weight excluding hydrogens is 224 g/mol. The summed E-state index contributed by atoms with van der Waals surface area (Å²) in [4.78, 5) is 7.75. The molecule has 0 saturated carbocycles. The highest BCUT2D eigenvalue weighted by Crippen LogP contribution is 2.29. The van der Waals surface area contributed by atoms with Gasteiger partial charge in [0.1, 0.15) is 5.65 Å². The second kappa shape index (κ2) is 4.65. The van der Waals surface area contributed by atoms with E-state index in [4.69, 9.17) is 0 Å². The summed E-state index contributed by atoms with van der Waals surface area (Å²) in [6.45, 7) is 9.59. The highest BCUT2D eigenvalue weighted by molar-refractivity contribution is 6.60. The minimum Gasteiger partial charge on any atom is -0.343 e. The van der Waals surface area contributed by atoms with E-state index in [1.807, 2.05) is 12.3 Å². The first kappa shape index (κ1) is 12.4. The molecule has 1 N–H and O–H groups in total. The van der Waals surface area contributed by atoms with E-state index in [1.54, 1.807) is 0 Å². The lowest BCUT2D eigenvalue weighted by atomic mass is 10.2. The second-order valence-corrected chi connectivity index (χ2v) is 10.2. The van der Waals surface area contributed by atoms with Crippen molar-refractivity contribution in [3.8, 4) is 0 Å². The lowest BCUT2D eigenvalue weighted by molar-refractivity contribution is 0.730. The van der Waals surface area contributed by atoms with Gasteiger partial charge in [0, 0.05) is 26.1 Å². The zero-order valence-electron chi connectivity index (χ0n) is 11.2. The predicted octanol–water partition coefficient (Wildman–Crippen LogP) is 3.76. The van der Waals surface area contributed by atoms with Crippen LogP contribution < -0.4 is 0 Å². The maximum absolute atomic E-state index is 4.33. The monoisotopic (exact) mass is 246 g/mol. The number of rotatable bonds is 3. The van der Waals surface area contributed by atoms with Gasteiger partial charge in [-0.25, -0.2) is 4.98 Å². The molecule has 2 aromatic rings. The number of aromatic amines is 1. The topological polar surface area (TPSA) is 28.7 Å². The van der Waals surface area contributed by atoms with Crippen molar-refractivity contribution in [3.05, 3.63) is 30.1 Å². The van der Waals surface area contributed by atoms with Crippen LogP contribution in [0.25, 0.3) is 11.0 Å². The van der Waals surface area contributed by atoms with Gasteiger partial charge >= 0.3 is 0 Å². The molecule has 0 bridgehead atoms. The van der Waals surface area contributed by atoms with Crippen molar-refractivity contribution < 1.29 is 0 Å². The van der Waals surface area contributed by atoms with Gasteiger partial charge in [0.15, 0.2) is 0 Å². The first-order chi connectivity index (χ1) is 7.97. The molecule has 1 unspecified atom stereocenters. The fraction of sp³-hybridized carbons (Fsp3) is 0.500. The van der Waals surface area contributed by atoms with Gasteiger partial charge in [0.25, 0.3) is 0 Å². The molecule has 0 aliphatic carbocycles. The van der Waals surface area contributed by atoms with Gasteiger partial charge in [0.05, 0.1) is 0 Å². The first-order valence-electron chi connectivity index (χ1n) is 6.39. The number of pyridine rings is 1. The van der Waals surface area contributed by atoms with E-state index in [0.717, 1.165) is 5.65 Å². The average Bonchev–Trinajstić information content (AvgIpc) is 2.66. The summed E-state index contributed by atoms with van der Waals surface area (Å²) in [5.74, 6) is 0. The normalized spacial score (nSPS) is 14.1. The average molecular weight is 246 g/mol. The smallest absolute Gasteiger partial charge is 0.137 e. The number of hydrogen-bond acceptors (Lipinski definition) is 1. The number of aryl methyl sites for hydroxylation is 1. The molecule has 0 radical (unpaired) electrons. The third-order valence-corrected chi connectivity index (χ3v) is 7.88. The highest BCUT2D eigenvalue weighted by atomic mass is 28.3. The molecule has 2 heterocycles. The molecule has 2 nitrogen and oxygen atoms in total. The predicted molar refractivity (Wildman–Crippen MR) is 77.3 cm³/mol. The van der Waals surface area contributed by atoms with Crippen LogP contribution in [0.1, 0.15) is 26.5 Å². The van der Waals surface area contributed by atoms with E-state index in [0.29, 0.717) is 5.04 Å². The molecule has 0 fully saturated rings. The Morgan fingerprint density at radius 3 is 2.76 bits per heavy atom. The Labute approximate surface area is 105 Å². The molecule has 0 amide bonds. The van der Waals surface area contributed by atoms with Gasteiger partial charge < -0.3 is 4.98 Å². The third-order valence-electron chi connectivity index (χ3n) is 3.77. The van der Waals surface area contributed by atoms with Gasteiger partial charge in [-0.3, -0.25) is 0 Å².